The number of pyridine rings is 1. The SMILES string of the molecule is C[C@@H](NC(=O)c1cc2cc(Cl)ncc2[nH]1)C(=O)N1CCC(OC(F)(F)F)CC1. The van der Waals surface area contributed by atoms with E-state index in [1.54, 1.807) is 12.1 Å². The van der Waals surface area contributed by atoms with E-state index in [0.29, 0.717) is 16.1 Å². The molecule has 1 fully saturated rings. The third-order valence-electron chi connectivity index (χ3n) is 4.49. The number of nitrogens with zero attached hydrogens (tertiary/aromatic N) is 2. The topological polar surface area (TPSA) is 87.3 Å². The van der Waals surface area contributed by atoms with Crippen LogP contribution in [0.4, 0.5) is 13.2 Å². The number of ether oxygens (including phenoxy) is 1. The maximum Gasteiger partial charge on any atom is 0.522 e. The highest BCUT2D eigenvalue weighted by Gasteiger charge is 2.36. The molecule has 7 nitrogen and oxygen atoms in total. The molecule has 2 aromatic heterocycles. The first-order valence-electron chi connectivity index (χ1n) is 8.61. The molecule has 2 N–H and O–H groups in total. The zero-order valence-electron chi connectivity index (χ0n) is 14.8. The number of amides is 2. The second-order valence-corrected chi connectivity index (χ2v) is 6.95. The summed E-state index contributed by atoms with van der Waals surface area (Å²) in [6, 6.07) is 2.36. The van der Waals surface area contributed by atoms with Gasteiger partial charge in [0.1, 0.15) is 16.9 Å². The Labute approximate surface area is 163 Å². The number of halogens is 4. The number of piperidine rings is 1. The number of nitrogens with one attached hydrogen (secondary N) is 2. The Kier molecular flexibility index (Phi) is 5.80. The summed E-state index contributed by atoms with van der Waals surface area (Å²) in [6.45, 7) is 1.80. The third-order valence-corrected chi connectivity index (χ3v) is 4.70. The van der Waals surface area contributed by atoms with Gasteiger partial charge in [0.05, 0.1) is 17.8 Å². The van der Waals surface area contributed by atoms with Crippen molar-refractivity contribution in [2.24, 2.45) is 0 Å². The Balaban J connectivity index is 1.55. The molecule has 0 unspecified atom stereocenters. The first-order chi connectivity index (χ1) is 13.1. The average molecular weight is 419 g/mol. The van der Waals surface area contributed by atoms with Crippen molar-refractivity contribution in [1.82, 2.24) is 20.2 Å². The normalized spacial score (nSPS) is 17.0. The van der Waals surface area contributed by atoms with E-state index >= 15 is 0 Å². The number of aromatic nitrogens is 2. The lowest BCUT2D eigenvalue weighted by molar-refractivity contribution is -0.345. The number of aromatic amines is 1. The molecule has 0 bridgehead atoms. The van der Waals surface area contributed by atoms with Crippen LogP contribution in [0.1, 0.15) is 30.3 Å². The highest BCUT2D eigenvalue weighted by atomic mass is 35.5. The molecule has 2 aromatic rings. The van der Waals surface area contributed by atoms with Gasteiger partial charge in [-0.05, 0) is 31.9 Å². The predicted octanol–water partition coefficient (Wildman–Crippen LogP) is 2.86. The molecule has 11 heteroatoms. The van der Waals surface area contributed by atoms with Crippen LogP contribution in [0.15, 0.2) is 18.3 Å². The van der Waals surface area contributed by atoms with Crippen LogP contribution in [-0.4, -0.2) is 58.3 Å². The standard InChI is InChI=1S/C17H18ClF3N4O3/c1-9(16(27)25-4-2-11(3-5-25)28-17(19,20)21)23-15(26)12-6-10-7-14(18)22-8-13(10)24-12/h6-9,11,24H,2-5H2,1H3,(H,23,26)/t9-/m1/s1. The smallest absolute Gasteiger partial charge is 0.349 e. The first kappa shape index (κ1) is 20.4. The summed E-state index contributed by atoms with van der Waals surface area (Å²) in [6.07, 6.45) is -3.97. The Hall–Kier alpha value is -2.33. The largest absolute Gasteiger partial charge is 0.522 e. The number of hydrogen-bond acceptors (Lipinski definition) is 4. The summed E-state index contributed by atoms with van der Waals surface area (Å²) >= 11 is 5.82. The first-order valence-corrected chi connectivity index (χ1v) is 8.98. The molecule has 0 saturated carbocycles. The van der Waals surface area contributed by atoms with Crippen LogP contribution >= 0.6 is 11.6 Å². The van der Waals surface area contributed by atoms with Crippen molar-refractivity contribution in [1.29, 1.82) is 0 Å². The molecule has 2 amide bonds. The highest BCUT2D eigenvalue weighted by molar-refractivity contribution is 6.30. The number of rotatable bonds is 4. The molecule has 0 spiro atoms. The lowest BCUT2D eigenvalue weighted by Crippen LogP contribution is -2.50. The minimum atomic E-state index is -4.68. The van der Waals surface area contributed by atoms with Gasteiger partial charge >= 0.3 is 6.36 Å². The summed E-state index contributed by atoms with van der Waals surface area (Å²) in [4.78, 5) is 33.1. The van der Waals surface area contributed by atoms with Gasteiger partial charge in [0.15, 0.2) is 0 Å². The van der Waals surface area contributed by atoms with Crippen LogP contribution in [-0.2, 0) is 9.53 Å². The molecule has 1 aliphatic heterocycles. The molecule has 3 heterocycles. The molecule has 152 valence electrons. The number of likely N-dealkylation sites (tertiary alicyclic amines) is 1. The number of carbonyl (C=O) groups excluding carboxylic acids is 2. The molecule has 1 saturated heterocycles. The van der Waals surface area contributed by atoms with E-state index in [2.05, 4.69) is 20.0 Å². The number of alkyl halides is 3. The lowest BCUT2D eigenvalue weighted by Gasteiger charge is -2.33. The molecule has 0 radical (unpaired) electrons. The van der Waals surface area contributed by atoms with Crippen LogP contribution < -0.4 is 5.32 Å². The Bertz CT molecular complexity index is 878. The van der Waals surface area contributed by atoms with Crippen molar-refractivity contribution < 1.29 is 27.5 Å². The molecule has 0 aromatic carbocycles. The van der Waals surface area contributed by atoms with E-state index in [1.807, 2.05) is 0 Å². The molecule has 1 atom stereocenters. The Morgan fingerprint density at radius 2 is 2.04 bits per heavy atom. The molecular formula is C17H18ClF3N4O3. The fraction of sp³-hybridized carbons (Fsp3) is 0.471. The average Bonchev–Trinajstić information content (AvgIpc) is 3.03. The van der Waals surface area contributed by atoms with Gasteiger partial charge in [0.25, 0.3) is 5.91 Å². The number of carbonyl (C=O) groups is 2. The zero-order chi connectivity index (χ0) is 20.5. The van der Waals surface area contributed by atoms with Gasteiger partial charge < -0.3 is 15.2 Å². The van der Waals surface area contributed by atoms with Gasteiger partial charge in [0.2, 0.25) is 5.91 Å². The van der Waals surface area contributed by atoms with Crippen molar-refractivity contribution in [3.63, 3.8) is 0 Å². The number of hydrogen-bond donors (Lipinski definition) is 2. The van der Waals surface area contributed by atoms with Crippen LogP contribution in [0.3, 0.4) is 0 Å². The summed E-state index contributed by atoms with van der Waals surface area (Å²) in [5, 5.41) is 3.59. The summed E-state index contributed by atoms with van der Waals surface area (Å²) in [7, 11) is 0. The summed E-state index contributed by atoms with van der Waals surface area (Å²) in [5.74, 6) is -0.844. The highest BCUT2D eigenvalue weighted by Crippen LogP contribution is 2.24. The van der Waals surface area contributed by atoms with Crippen molar-refractivity contribution >= 4 is 34.3 Å². The Morgan fingerprint density at radius 3 is 2.68 bits per heavy atom. The van der Waals surface area contributed by atoms with E-state index in [9.17, 15) is 22.8 Å². The van der Waals surface area contributed by atoms with Gasteiger partial charge in [0, 0.05) is 18.5 Å². The Morgan fingerprint density at radius 1 is 1.36 bits per heavy atom. The predicted molar refractivity (Wildman–Crippen MR) is 94.8 cm³/mol. The minimum absolute atomic E-state index is 0.0850. The van der Waals surface area contributed by atoms with Gasteiger partial charge in [-0.15, -0.1) is 13.2 Å². The maximum absolute atomic E-state index is 12.5. The fourth-order valence-electron chi connectivity index (χ4n) is 3.12. The molecule has 0 aliphatic carbocycles. The number of H-pyrrole nitrogens is 1. The zero-order valence-corrected chi connectivity index (χ0v) is 15.6. The van der Waals surface area contributed by atoms with Crippen molar-refractivity contribution in [2.75, 3.05) is 13.1 Å². The van der Waals surface area contributed by atoms with E-state index in [4.69, 9.17) is 11.6 Å². The summed E-state index contributed by atoms with van der Waals surface area (Å²) in [5.41, 5.74) is 0.872. The van der Waals surface area contributed by atoms with Crippen LogP contribution in [0, 0.1) is 0 Å². The van der Waals surface area contributed by atoms with Crippen LogP contribution in [0.5, 0.6) is 0 Å². The maximum atomic E-state index is 12.5. The van der Waals surface area contributed by atoms with Gasteiger partial charge in [-0.25, -0.2) is 4.98 Å². The van der Waals surface area contributed by atoms with Gasteiger partial charge in [-0.2, -0.15) is 0 Å². The number of fused-ring (bicyclic) bond motifs is 1. The fourth-order valence-corrected chi connectivity index (χ4v) is 3.29. The van der Waals surface area contributed by atoms with E-state index in [1.165, 1.54) is 18.0 Å². The van der Waals surface area contributed by atoms with E-state index in [0.717, 1.165) is 0 Å². The summed E-state index contributed by atoms with van der Waals surface area (Å²) < 4.78 is 40.8. The van der Waals surface area contributed by atoms with E-state index in [-0.39, 0.29) is 37.5 Å². The van der Waals surface area contributed by atoms with Crippen molar-refractivity contribution in [3.8, 4) is 0 Å². The van der Waals surface area contributed by atoms with Crippen molar-refractivity contribution in [3.05, 3.63) is 29.2 Å². The third kappa shape index (κ3) is 4.93. The monoisotopic (exact) mass is 418 g/mol. The van der Waals surface area contributed by atoms with Gasteiger partial charge in [-0.3, -0.25) is 14.3 Å². The second kappa shape index (κ2) is 7.96. The van der Waals surface area contributed by atoms with Crippen LogP contribution in [0.25, 0.3) is 10.9 Å². The molecular weight excluding hydrogens is 401 g/mol. The van der Waals surface area contributed by atoms with Crippen LogP contribution in [0.2, 0.25) is 5.15 Å². The van der Waals surface area contributed by atoms with Gasteiger partial charge in [-0.1, -0.05) is 11.6 Å². The quantitative estimate of drug-likeness (QED) is 0.747. The molecule has 28 heavy (non-hydrogen) atoms. The lowest BCUT2D eigenvalue weighted by atomic mass is 10.1. The van der Waals surface area contributed by atoms with Crippen molar-refractivity contribution in [2.45, 2.75) is 38.3 Å². The second-order valence-electron chi connectivity index (χ2n) is 6.56. The molecule has 1 aliphatic rings. The van der Waals surface area contributed by atoms with E-state index < -0.39 is 24.4 Å². The minimum Gasteiger partial charge on any atom is -0.349 e. The molecule has 3 rings (SSSR count).